The molecule has 2 heterocycles. The fourth-order valence-corrected chi connectivity index (χ4v) is 6.55. The first-order valence-electron chi connectivity index (χ1n) is 8.76. The fourth-order valence-electron chi connectivity index (χ4n) is 3.11. The van der Waals surface area contributed by atoms with Gasteiger partial charge in [-0.2, -0.15) is 4.31 Å². The summed E-state index contributed by atoms with van der Waals surface area (Å²) in [5.41, 5.74) is 1.89. The summed E-state index contributed by atoms with van der Waals surface area (Å²) in [4.78, 5) is 6.95. The van der Waals surface area contributed by atoms with Crippen LogP contribution in [-0.4, -0.2) is 43.9 Å². The molecule has 152 valence electrons. The Bertz CT molecular complexity index is 1130. The molecular formula is C19H16BrCl2N3O2S2. The van der Waals surface area contributed by atoms with Crippen LogP contribution in [0.3, 0.4) is 0 Å². The second-order valence-corrected chi connectivity index (χ2v) is 11.0. The predicted molar refractivity (Wildman–Crippen MR) is 123 cm³/mol. The fraction of sp³-hybridized carbons (Fsp3) is 0.211. The van der Waals surface area contributed by atoms with Gasteiger partial charge in [0.1, 0.15) is 4.90 Å². The SMILES string of the molecule is O=S(=O)(c1ccc(Br)cc1Cl)N1CCN(c2nc(-c3ccc(Cl)cc3)cs2)CC1. The van der Waals surface area contributed by atoms with E-state index in [0.717, 1.165) is 20.9 Å². The molecule has 0 N–H and O–H groups in total. The van der Waals surface area contributed by atoms with Crippen LogP contribution in [-0.2, 0) is 10.0 Å². The van der Waals surface area contributed by atoms with E-state index in [1.54, 1.807) is 23.5 Å². The smallest absolute Gasteiger partial charge is 0.244 e. The lowest BCUT2D eigenvalue weighted by Gasteiger charge is -2.33. The molecule has 1 saturated heterocycles. The standard InChI is InChI=1S/C19H16BrCl2N3O2S2/c20-14-3-6-18(16(22)11-14)29(26,27)25-9-7-24(8-10-25)19-23-17(12-28-19)13-1-4-15(21)5-2-13/h1-6,11-12H,7-10H2. The Kier molecular flexibility index (Phi) is 6.20. The van der Waals surface area contributed by atoms with Gasteiger partial charge < -0.3 is 4.90 Å². The zero-order valence-corrected chi connectivity index (χ0v) is 19.8. The van der Waals surface area contributed by atoms with Crippen molar-refractivity contribution in [2.45, 2.75) is 4.90 Å². The number of halogens is 3. The molecule has 0 spiro atoms. The largest absolute Gasteiger partial charge is 0.345 e. The average molecular weight is 533 g/mol. The number of hydrogen-bond donors (Lipinski definition) is 0. The molecule has 2 aromatic carbocycles. The van der Waals surface area contributed by atoms with Gasteiger partial charge in [0.05, 0.1) is 10.7 Å². The Hall–Kier alpha value is -1.16. The Morgan fingerprint density at radius 1 is 1.00 bits per heavy atom. The van der Waals surface area contributed by atoms with Crippen LogP contribution in [0.2, 0.25) is 10.0 Å². The first-order chi connectivity index (χ1) is 13.8. The summed E-state index contributed by atoms with van der Waals surface area (Å²) in [6.07, 6.45) is 0. The van der Waals surface area contributed by atoms with E-state index in [1.165, 1.54) is 10.4 Å². The van der Waals surface area contributed by atoms with Crippen molar-refractivity contribution in [2.24, 2.45) is 0 Å². The van der Waals surface area contributed by atoms with Crippen LogP contribution in [0.4, 0.5) is 5.13 Å². The highest BCUT2D eigenvalue weighted by Gasteiger charge is 2.31. The lowest BCUT2D eigenvalue weighted by atomic mass is 10.2. The third kappa shape index (κ3) is 4.47. The monoisotopic (exact) mass is 531 g/mol. The Morgan fingerprint density at radius 2 is 1.69 bits per heavy atom. The molecule has 1 aliphatic heterocycles. The van der Waals surface area contributed by atoms with E-state index in [1.807, 2.05) is 29.6 Å². The number of anilines is 1. The van der Waals surface area contributed by atoms with E-state index in [4.69, 9.17) is 28.2 Å². The van der Waals surface area contributed by atoms with Crippen LogP contribution in [0, 0.1) is 0 Å². The molecule has 1 fully saturated rings. The molecule has 29 heavy (non-hydrogen) atoms. The van der Waals surface area contributed by atoms with Gasteiger partial charge in [-0.1, -0.05) is 51.3 Å². The summed E-state index contributed by atoms with van der Waals surface area (Å²) in [5, 5.41) is 3.79. The lowest BCUT2D eigenvalue weighted by molar-refractivity contribution is 0.385. The van der Waals surface area contributed by atoms with Crippen LogP contribution in [0.25, 0.3) is 11.3 Å². The molecule has 10 heteroatoms. The van der Waals surface area contributed by atoms with E-state index in [0.29, 0.717) is 31.2 Å². The van der Waals surface area contributed by atoms with E-state index in [2.05, 4.69) is 20.8 Å². The average Bonchev–Trinajstić information content (AvgIpc) is 3.18. The van der Waals surface area contributed by atoms with Crippen LogP contribution in [0.1, 0.15) is 0 Å². The van der Waals surface area contributed by atoms with Crippen molar-refractivity contribution in [3.05, 3.63) is 62.4 Å². The zero-order chi connectivity index (χ0) is 20.6. The van der Waals surface area contributed by atoms with E-state index < -0.39 is 10.0 Å². The maximum Gasteiger partial charge on any atom is 0.244 e. The second kappa shape index (κ2) is 8.53. The first-order valence-corrected chi connectivity index (χ1v) is 12.6. The molecule has 3 aromatic rings. The van der Waals surface area contributed by atoms with Gasteiger partial charge in [0, 0.05) is 46.6 Å². The predicted octanol–water partition coefficient (Wildman–Crippen LogP) is 5.39. The highest BCUT2D eigenvalue weighted by atomic mass is 79.9. The van der Waals surface area contributed by atoms with E-state index in [9.17, 15) is 8.42 Å². The van der Waals surface area contributed by atoms with Gasteiger partial charge in [-0.25, -0.2) is 13.4 Å². The van der Waals surface area contributed by atoms with Crippen molar-refractivity contribution < 1.29 is 8.42 Å². The quantitative estimate of drug-likeness (QED) is 0.452. The van der Waals surface area contributed by atoms with Gasteiger partial charge in [0.2, 0.25) is 10.0 Å². The molecule has 0 bridgehead atoms. The molecule has 0 saturated carbocycles. The molecule has 0 atom stereocenters. The molecule has 4 rings (SSSR count). The number of benzene rings is 2. The highest BCUT2D eigenvalue weighted by Crippen LogP contribution is 2.31. The summed E-state index contributed by atoms with van der Waals surface area (Å²) >= 11 is 17.0. The Balaban J connectivity index is 1.46. The van der Waals surface area contributed by atoms with E-state index in [-0.39, 0.29) is 9.92 Å². The van der Waals surface area contributed by atoms with Crippen molar-refractivity contribution in [3.63, 3.8) is 0 Å². The van der Waals surface area contributed by atoms with Gasteiger partial charge in [-0.15, -0.1) is 11.3 Å². The molecule has 1 aromatic heterocycles. The number of aromatic nitrogens is 1. The Labute approximate surface area is 192 Å². The van der Waals surface area contributed by atoms with Crippen molar-refractivity contribution in [1.82, 2.24) is 9.29 Å². The summed E-state index contributed by atoms with van der Waals surface area (Å²) < 4.78 is 28.1. The number of thiazole rings is 1. The number of sulfonamides is 1. The van der Waals surface area contributed by atoms with Crippen molar-refractivity contribution in [2.75, 3.05) is 31.1 Å². The van der Waals surface area contributed by atoms with Gasteiger partial charge >= 0.3 is 0 Å². The molecule has 0 aliphatic carbocycles. The summed E-state index contributed by atoms with van der Waals surface area (Å²) in [6.45, 7) is 1.90. The van der Waals surface area contributed by atoms with Gasteiger partial charge in [-0.3, -0.25) is 0 Å². The number of nitrogens with zero attached hydrogens (tertiary/aromatic N) is 3. The van der Waals surface area contributed by atoms with Crippen molar-refractivity contribution in [3.8, 4) is 11.3 Å². The van der Waals surface area contributed by atoms with Gasteiger partial charge in [0.15, 0.2) is 5.13 Å². The lowest BCUT2D eigenvalue weighted by Crippen LogP contribution is -2.48. The van der Waals surface area contributed by atoms with Gasteiger partial charge in [-0.05, 0) is 30.3 Å². The van der Waals surface area contributed by atoms with Crippen molar-refractivity contribution in [1.29, 1.82) is 0 Å². The molecule has 0 amide bonds. The second-order valence-electron chi connectivity index (χ2n) is 6.49. The molecule has 5 nitrogen and oxygen atoms in total. The molecule has 0 unspecified atom stereocenters. The maximum atomic E-state index is 13.0. The number of hydrogen-bond acceptors (Lipinski definition) is 5. The topological polar surface area (TPSA) is 53.5 Å². The molecule has 0 radical (unpaired) electrons. The summed E-state index contributed by atoms with van der Waals surface area (Å²) in [7, 11) is -3.63. The minimum atomic E-state index is -3.63. The van der Waals surface area contributed by atoms with Crippen LogP contribution < -0.4 is 4.90 Å². The van der Waals surface area contributed by atoms with Crippen LogP contribution >= 0.6 is 50.5 Å². The number of rotatable bonds is 4. The summed E-state index contributed by atoms with van der Waals surface area (Å²) in [6, 6.07) is 12.4. The molecular weight excluding hydrogens is 517 g/mol. The normalized spacial score (nSPS) is 15.6. The minimum Gasteiger partial charge on any atom is -0.345 e. The van der Waals surface area contributed by atoms with Crippen molar-refractivity contribution >= 4 is 65.6 Å². The minimum absolute atomic E-state index is 0.134. The third-order valence-corrected chi connectivity index (χ3v) is 8.68. The molecule has 1 aliphatic rings. The third-order valence-electron chi connectivity index (χ3n) is 4.65. The van der Waals surface area contributed by atoms with Crippen LogP contribution in [0.5, 0.6) is 0 Å². The Morgan fingerprint density at radius 3 is 2.34 bits per heavy atom. The van der Waals surface area contributed by atoms with Gasteiger partial charge in [0.25, 0.3) is 0 Å². The maximum absolute atomic E-state index is 13.0. The summed E-state index contributed by atoms with van der Waals surface area (Å²) in [5.74, 6) is 0. The van der Waals surface area contributed by atoms with E-state index >= 15 is 0 Å². The first kappa shape index (κ1) is 21.1. The number of piperazine rings is 1. The zero-order valence-electron chi connectivity index (χ0n) is 15.1. The van der Waals surface area contributed by atoms with Crippen LogP contribution in [0.15, 0.2) is 57.2 Å². The highest BCUT2D eigenvalue weighted by molar-refractivity contribution is 9.10.